The third-order valence-electron chi connectivity index (χ3n) is 2.52. The van der Waals surface area contributed by atoms with E-state index in [1.54, 1.807) is 24.3 Å². The van der Waals surface area contributed by atoms with E-state index < -0.39 is 11.9 Å². The van der Waals surface area contributed by atoms with Crippen LogP contribution in [-0.2, 0) is 9.59 Å². The van der Waals surface area contributed by atoms with E-state index in [0.29, 0.717) is 11.4 Å². The van der Waals surface area contributed by atoms with Crippen LogP contribution >= 0.6 is 12.4 Å². The van der Waals surface area contributed by atoms with Crippen molar-refractivity contribution in [2.24, 2.45) is 17.4 Å². The van der Waals surface area contributed by atoms with Crippen molar-refractivity contribution in [3.63, 3.8) is 0 Å². The van der Waals surface area contributed by atoms with E-state index in [-0.39, 0.29) is 30.8 Å². The monoisotopic (exact) mass is 301 g/mol. The Balaban J connectivity index is 0.00000361. The largest absolute Gasteiger partial charge is 0.484 e. The van der Waals surface area contributed by atoms with Gasteiger partial charge in [0.15, 0.2) is 6.61 Å². The van der Waals surface area contributed by atoms with Gasteiger partial charge in [0, 0.05) is 5.69 Å². The summed E-state index contributed by atoms with van der Waals surface area (Å²) < 4.78 is 5.10. The maximum Gasteiger partial charge on any atom is 0.255 e. The second kappa shape index (κ2) is 8.39. The van der Waals surface area contributed by atoms with Crippen LogP contribution in [0.15, 0.2) is 24.3 Å². The molecule has 0 bridgehead atoms. The molecule has 20 heavy (non-hydrogen) atoms. The molecular weight excluding hydrogens is 282 g/mol. The fourth-order valence-electron chi connectivity index (χ4n) is 1.32. The molecular formula is C13H20ClN3O3. The van der Waals surface area contributed by atoms with Crippen molar-refractivity contribution in [3.05, 3.63) is 24.3 Å². The van der Waals surface area contributed by atoms with Gasteiger partial charge in [-0.25, -0.2) is 0 Å². The maximum atomic E-state index is 11.7. The number of nitrogens with one attached hydrogen (secondary N) is 1. The van der Waals surface area contributed by atoms with Crippen LogP contribution in [0.3, 0.4) is 0 Å². The van der Waals surface area contributed by atoms with Gasteiger partial charge in [0.25, 0.3) is 5.91 Å². The Kier molecular flexibility index (Phi) is 7.64. The van der Waals surface area contributed by atoms with Gasteiger partial charge in [-0.3, -0.25) is 9.59 Å². The molecule has 1 aromatic carbocycles. The van der Waals surface area contributed by atoms with E-state index in [2.05, 4.69) is 5.32 Å². The number of carbonyl (C=O) groups is 2. The minimum Gasteiger partial charge on any atom is -0.484 e. The zero-order chi connectivity index (χ0) is 14.4. The minimum atomic E-state index is -0.550. The molecule has 0 heterocycles. The molecule has 1 atom stereocenters. The summed E-state index contributed by atoms with van der Waals surface area (Å²) in [6.45, 7) is 3.58. The lowest BCUT2D eigenvalue weighted by molar-refractivity contribution is -0.120. The molecule has 6 nitrogen and oxygen atoms in total. The Bertz CT molecular complexity index is 449. The van der Waals surface area contributed by atoms with Crippen LogP contribution in [0, 0.1) is 5.92 Å². The average molecular weight is 302 g/mol. The zero-order valence-corrected chi connectivity index (χ0v) is 12.3. The highest BCUT2D eigenvalue weighted by atomic mass is 35.5. The van der Waals surface area contributed by atoms with Gasteiger partial charge in [-0.15, -0.1) is 12.4 Å². The summed E-state index contributed by atoms with van der Waals surface area (Å²) in [5.41, 5.74) is 11.3. The van der Waals surface area contributed by atoms with Gasteiger partial charge in [0.05, 0.1) is 6.04 Å². The van der Waals surface area contributed by atoms with Crippen LogP contribution in [0.4, 0.5) is 5.69 Å². The van der Waals surface area contributed by atoms with Gasteiger partial charge in [-0.2, -0.15) is 0 Å². The van der Waals surface area contributed by atoms with E-state index in [0.717, 1.165) is 0 Å². The molecule has 0 saturated carbocycles. The first-order valence-electron chi connectivity index (χ1n) is 5.97. The fourth-order valence-corrected chi connectivity index (χ4v) is 1.32. The van der Waals surface area contributed by atoms with Gasteiger partial charge < -0.3 is 21.5 Å². The Hall–Kier alpha value is -1.79. The zero-order valence-electron chi connectivity index (χ0n) is 11.5. The molecule has 1 rings (SSSR count). The molecule has 0 spiro atoms. The normalized spacial score (nSPS) is 11.4. The Morgan fingerprint density at radius 3 is 2.25 bits per heavy atom. The highest BCUT2D eigenvalue weighted by Crippen LogP contribution is 2.16. The highest BCUT2D eigenvalue weighted by Gasteiger charge is 2.16. The van der Waals surface area contributed by atoms with Crippen molar-refractivity contribution >= 4 is 29.9 Å². The second-order valence-corrected chi connectivity index (χ2v) is 4.54. The van der Waals surface area contributed by atoms with Gasteiger partial charge >= 0.3 is 0 Å². The standard InChI is InChI=1S/C13H19N3O3.ClH/c1-8(2)12(15)13(18)16-9-3-5-10(6-4-9)19-7-11(14)17;/h3-6,8,12H,7,15H2,1-2H3,(H2,14,17)(H,16,18);1H/t12-;/m1./s1. The number of amides is 2. The molecule has 0 aliphatic carbocycles. The maximum absolute atomic E-state index is 11.7. The predicted octanol–water partition coefficient (Wildman–Crippen LogP) is 0.894. The smallest absolute Gasteiger partial charge is 0.255 e. The molecule has 0 saturated heterocycles. The van der Waals surface area contributed by atoms with Crippen molar-refractivity contribution in [1.82, 2.24) is 0 Å². The number of hydrogen-bond donors (Lipinski definition) is 3. The molecule has 112 valence electrons. The second-order valence-electron chi connectivity index (χ2n) is 4.54. The number of benzene rings is 1. The number of primary amides is 1. The lowest BCUT2D eigenvalue weighted by Crippen LogP contribution is -2.39. The van der Waals surface area contributed by atoms with E-state index >= 15 is 0 Å². The predicted molar refractivity (Wildman–Crippen MR) is 79.8 cm³/mol. The lowest BCUT2D eigenvalue weighted by atomic mass is 10.1. The Morgan fingerprint density at radius 1 is 1.25 bits per heavy atom. The first-order valence-corrected chi connectivity index (χ1v) is 5.97. The molecule has 0 aliphatic rings. The number of ether oxygens (including phenoxy) is 1. The first-order chi connectivity index (χ1) is 8.90. The van der Waals surface area contributed by atoms with Crippen LogP contribution in [-0.4, -0.2) is 24.5 Å². The third kappa shape index (κ3) is 5.90. The van der Waals surface area contributed by atoms with Crippen molar-refractivity contribution in [1.29, 1.82) is 0 Å². The van der Waals surface area contributed by atoms with E-state index in [9.17, 15) is 9.59 Å². The van der Waals surface area contributed by atoms with E-state index in [1.165, 1.54) is 0 Å². The van der Waals surface area contributed by atoms with Crippen molar-refractivity contribution < 1.29 is 14.3 Å². The summed E-state index contributed by atoms with van der Waals surface area (Å²) in [5.74, 6) is -0.204. The number of carbonyl (C=O) groups excluding carboxylic acids is 2. The fraction of sp³-hybridized carbons (Fsp3) is 0.385. The summed E-state index contributed by atoms with van der Waals surface area (Å²) >= 11 is 0. The lowest BCUT2D eigenvalue weighted by Gasteiger charge is -2.15. The average Bonchev–Trinajstić information content (AvgIpc) is 2.36. The molecule has 0 aromatic heterocycles. The highest BCUT2D eigenvalue weighted by molar-refractivity contribution is 5.94. The van der Waals surface area contributed by atoms with Crippen molar-refractivity contribution in [3.8, 4) is 5.75 Å². The van der Waals surface area contributed by atoms with E-state index in [1.807, 2.05) is 13.8 Å². The van der Waals surface area contributed by atoms with Crippen LogP contribution in [0.25, 0.3) is 0 Å². The molecule has 7 heteroatoms. The van der Waals surface area contributed by atoms with Crippen LogP contribution in [0.2, 0.25) is 0 Å². The van der Waals surface area contributed by atoms with Gasteiger partial charge in [-0.1, -0.05) is 13.8 Å². The molecule has 0 unspecified atom stereocenters. The SMILES string of the molecule is CC(C)[C@@H](N)C(=O)Nc1ccc(OCC(N)=O)cc1.Cl. The first kappa shape index (κ1) is 18.2. The number of nitrogens with two attached hydrogens (primary N) is 2. The number of halogens is 1. The molecule has 0 fully saturated rings. The molecule has 0 radical (unpaired) electrons. The quantitative estimate of drug-likeness (QED) is 0.725. The van der Waals surface area contributed by atoms with Gasteiger partial charge in [0.2, 0.25) is 5.91 Å². The topological polar surface area (TPSA) is 107 Å². The van der Waals surface area contributed by atoms with Crippen molar-refractivity contribution in [2.45, 2.75) is 19.9 Å². The van der Waals surface area contributed by atoms with Crippen LogP contribution < -0.4 is 21.5 Å². The third-order valence-corrected chi connectivity index (χ3v) is 2.52. The summed E-state index contributed by atoms with van der Waals surface area (Å²) in [6, 6.07) is 6.06. The number of hydrogen-bond acceptors (Lipinski definition) is 4. The molecule has 2 amide bonds. The van der Waals surface area contributed by atoms with Gasteiger partial charge in [-0.05, 0) is 30.2 Å². The minimum absolute atomic E-state index is 0. The van der Waals surface area contributed by atoms with Crippen LogP contribution in [0.1, 0.15) is 13.8 Å². The summed E-state index contributed by atoms with van der Waals surface area (Å²) in [6.07, 6.45) is 0. The molecule has 0 aliphatic heterocycles. The molecule has 1 aromatic rings. The summed E-state index contributed by atoms with van der Waals surface area (Å²) in [5, 5.41) is 2.70. The van der Waals surface area contributed by atoms with Crippen LogP contribution in [0.5, 0.6) is 5.75 Å². The van der Waals surface area contributed by atoms with Gasteiger partial charge in [0.1, 0.15) is 5.75 Å². The summed E-state index contributed by atoms with van der Waals surface area (Å²) in [7, 11) is 0. The summed E-state index contributed by atoms with van der Waals surface area (Å²) in [4.78, 5) is 22.3. The molecule has 5 N–H and O–H groups in total. The van der Waals surface area contributed by atoms with Crippen molar-refractivity contribution in [2.75, 3.05) is 11.9 Å². The number of rotatable bonds is 6. The Morgan fingerprint density at radius 2 is 1.80 bits per heavy atom. The number of anilines is 1. The van der Waals surface area contributed by atoms with E-state index in [4.69, 9.17) is 16.2 Å². The Labute approximate surface area is 124 Å².